The fourth-order valence-electron chi connectivity index (χ4n) is 1.77. The highest BCUT2D eigenvalue weighted by Crippen LogP contribution is 2.27. The van der Waals surface area contributed by atoms with Gasteiger partial charge in [0.25, 0.3) is 0 Å². The van der Waals surface area contributed by atoms with E-state index in [2.05, 4.69) is 15.3 Å². The number of hydrogen-bond donors (Lipinski definition) is 1. The summed E-state index contributed by atoms with van der Waals surface area (Å²) >= 11 is 0. The van der Waals surface area contributed by atoms with E-state index < -0.39 is 17.5 Å². The third kappa shape index (κ3) is 3.15. The molecule has 2 rings (SSSR count). The smallest absolute Gasteiger partial charge is 0.194 e. The van der Waals surface area contributed by atoms with Crippen LogP contribution < -0.4 is 5.32 Å². The third-order valence-electron chi connectivity index (χ3n) is 2.99. The normalized spacial score (nSPS) is 11.6. The number of anilines is 1. The molecule has 1 heterocycles. The average Bonchev–Trinajstić information content (AvgIpc) is 2.42. The fraction of sp³-hybridized carbons (Fsp3) is 0.333. The average molecular weight is 295 g/mol. The van der Waals surface area contributed by atoms with Crippen LogP contribution in [0.15, 0.2) is 18.2 Å². The van der Waals surface area contributed by atoms with Crippen LogP contribution in [0.4, 0.5) is 19.0 Å². The summed E-state index contributed by atoms with van der Waals surface area (Å²) < 4.78 is 39.8. The van der Waals surface area contributed by atoms with Crippen LogP contribution in [0.3, 0.4) is 0 Å². The summed E-state index contributed by atoms with van der Waals surface area (Å²) in [6.45, 7) is 5.89. The molecule has 0 radical (unpaired) electrons. The number of nitrogens with zero attached hydrogens (tertiary/aromatic N) is 2. The Labute approximate surface area is 121 Å². The molecule has 6 heteroatoms. The van der Waals surface area contributed by atoms with Gasteiger partial charge < -0.3 is 5.32 Å². The highest BCUT2D eigenvalue weighted by molar-refractivity contribution is 5.58. The van der Waals surface area contributed by atoms with Gasteiger partial charge in [0.15, 0.2) is 23.3 Å². The summed E-state index contributed by atoms with van der Waals surface area (Å²) in [4.78, 5) is 8.50. The van der Waals surface area contributed by atoms with Gasteiger partial charge >= 0.3 is 0 Å². The quantitative estimate of drug-likeness (QED) is 0.854. The zero-order chi connectivity index (χ0) is 15.8. The van der Waals surface area contributed by atoms with Crippen molar-refractivity contribution in [3.63, 3.8) is 0 Å². The van der Waals surface area contributed by atoms with Gasteiger partial charge in [0.1, 0.15) is 5.82 Å². The van der Waals surface area contributed by atoms with Crippen molar-refractivity contribution in [1.82, 2.24) is 9.97 Å². The Morgan fingerprint density at radius 1 is 0.952 bits per heavy atom. The van der Waals surface area contributed by atoms with Crippen molar-refractivity contribution in [2.24, 2.45) is 0 Å². The van der Waals surface area contributed by atoms with E-state index >= 15 is 0 Å². The van der Waals surface area contributed by atoms with Gasteiger partial charge in [-0.25, -0.2) is 23.1 Å². The lowest BCUT2D eigenvalue weighted by Gasteiger charge is -2.19. The molecule has 0 atom stereocenters. The Morgan fingerprint density at radius 2 is 1.52 bits per heavy atom. The van der Waals surface area contributed by atoms with E-state index in [1.807, 2.05) is 20.8 Å². The molecule has 0 bridgehead atoms. The van der Waals surface area contributed by atoms with Gasteiger partial charge in [-0.15, -0.1) is 0 Å². The van der Waals surface area contributed by atoms with Crippen LogP contribution in [-0.2, 0) is 5.41 Å². The summed E-state index contributed by atoms with van der Waals surface area (Å²) in [5.41, 5.74) is 0.538. The predicted molar refractivity (Wildman–Crippen MR) is 75.6 cm³/mol. The lowest BCUT2D eigenvalue weighted by molar-refractivity contribution is 0.447. The van der Waals surface area contributed by atoms with Gasteiger partial charge in [0, 0.05) is 24.1 Å². The van der Waals surface area contributed by atoms with Crippen LogP contribution in [0.2, 0.25) is 0 Å². The summed E-state index contributed by atoms with van der Waals surface area (Å²) in [5.74, 6) is -3.36. The number of rotatable bonds is 2. The Hall–Kier alpha value is -2.11. The lowest BCUT2D eigenvalue weighted by Crippen LogP contribution is -2.15. The second-order valence-electron chi connectivity index (χ2n) is 5.72. The first-order valence-electron chi connectivity index (χ1n) is 6.44. The molecule has 3 nitrogen and oxygen atoms in total. The Kier molecular flexibility index (Phi) is 3.89. The molecule has 0 spiro atoms. The zero-order valence-corrected chi connectivity index (χ0v) is 12.3. The van der Waals surface area contributed by atoms with Crippen molar-refractivity contribution < 1.29 is 13.2 Å². The Bertz CT molecular complexity index is 655. The second kappa shape index (κ2) is 5.35. The number of nitrogens with one attached hydrogen (secondary N) is 1. The van der Waals surface area contributed by atoms with Crippen molar-refractivity contribution in [2.75, 3.05) is 12.4 Å². The lowest BCUT2D eigenvalue weighted by atomic mass is 9.92. The fourth-order valence-corrected chi connectivity index (χ4v) is 1.77. The molecule has 0 saturated heterocycles. The maximum atomic E-state index is 13.4. The molecule has 0 saturated carbocycles. The van der Waals surface area contributed by atoms with Crippen molar-refractivity contribution >= 4 is 5.82 Å². The molecule has 0 aliphatic heterocycles. The first-order valence-corrected chi connectivity index (χ1v) is 6.44. The minimum absolute atomic E-state index is 0.0917. The first kappa shape index (κ1) is 15.3. The van der Waals surface area contributed by atoms with E-state index in [1.54, 1.807) is 13.1 Å². The third-order valence-corrected chi connectivity index (χ3v) is 2.99. The van der Waals surface area contributed by atoms with Crippen LogP contribution >= 0.6 is 0 Å². The molecule has 0 aliphatic rings. The maximum absolute atomic E-state index is 13.4. The molecular formula is C15H16F3N3. The van der Waals surface area contributed by atoms with Crippen LogP contribution in [0.5, 0.6) is 0 Å². The molecule has 0 amide bonds. The van der Waals surface area contributed by atoms with Gasteiger partial charge in [-0.05, 0) is 12.1 Å². The van der Waals surface area contributed by atoms with Crippen LogP contribution in [0.25, 0.3) is 11.4 Å². The van der Waals surface area contributed by atoms with Gasteiger partial charge in [0.05, 0.1) is 5.69 Å². The Balaban J connectivity index is 2.63. The minimum atomic E-state index is -1.50. The molecule has 112 valence electrons. The van der Waals surface area contributed by atoms with Gasteiger partial charge in [-0.3, -0.25) is 0 Å². The van der Waals surface area contributed by atoms with Gasteiger partial charge in [-0.1, -0.05) is 20.8 Å². The standard InChI is InChI=1S/C15H16F3N3/c1-15(2,3)11-7-12(19-4)21-14(20-11)8-5-9(16)13(18)10(17)6-8/h5-7H,1-4H3,(H,19,20,21). The van der Waals surface area contributed by atoms with E-state index in [1.165, 1.54) is 0 Å². The topological polar surface area (TPSA) is 37.8 Å². The number of benzene rings is 1. The Morgan fingerprint density at radius 3 is 2.00 bits per heavy atom. The van der Waals surface area contributed by atoms with Crippen molar-refractivity contribution in [3.05, 3.63) is 41.3 Å². The van der Waals surface area contributed by atoms with Crippen LogP contribution in [-0.4, -0.2) is 17.0 Å². The van der Waals surface area contributed by atoms with Crippen LogP contribution in [0.1, 0.15) is 26.5 Å². The van der Waals surface area contributed by atoms with Gasteiger partial charge in [0.2, 0.25) is 0 Å². The molecule has 0 aliphatic carbocycles. The number of halogens is 3. The summed E-state index contributed by atoms with van der Waals surface area (Å²) in [6.07, 6.45) is 0. The molecule has 2 aromatic rings. The van der Waals surface area contributed by atoms with E-state index in [0.717, 1.165) is 12.1 Å². The van der Waals surface area contributed by atoms with Crippen molar-refractivity contribution in [1.29, 1.82) is 0 Å². The zero-order valence-electron chi connectivity index (χ0n) is 12.3. The first-order chi connectivity index (χ1) is 9.72. The highest BCUT2D eigenvalue weighted by Gasteiger charge is 2.20. The molecule has 0 fully saturated rings. The summed E-state index contributed by atoms with van der Waals surface area (Å²) in [6, 6.07) is 3.54. The van der Waals surface area contributed by atoms with Gasteiger partial charge in [-0.2, -0.15) is 0 Å². The summed E-state index contributed by atoms with van der Waals surface area (Å²) in [5, 5.41) is 2.88. The molecule has 1 aromatic heterocycles. The number of hydrogen-bond acceptors (Lipinski definition) is 3. The largest absolute Gasteiger partial charge is 0.373 e. The molecular weight excluding hydrogens is 279 g/mol. The van der Waals surface area contributed by atoms with Crippen LogP contribution in [0, 0.1) is 17.5 Å². The second-order valence-corrected chi connectivity index (χ2v) is 5.72. The molecule has 21 heavy (non-hydrogen) atoms. The van der Waals surface area contributed by atoms with E-state index in [-0.39, 0.29) is 16.8 Å². The molecule has 0 unspecified atom stereocenters. The predicted octanol–water partition coefficient (Wildman–Crippen LogP) is 3.90. The van der Waals surface area contributed by atoms with Crippen molar-refractivity contribution in [3.8, 4) is 11.4 Å². The SMILES string of the molecule is CNc1cc(C(C)(C)C)nc(-c2cc(F)c(F)c(F)c2)n1. The van der Waals surface area contributed by atoms with E-state index in [4.69, 9.17) is 0 Å². The van der Waals surface area contributed by atoms with E-state index in [9.17, 15) is 13.2 Å². The van der Waals surface area contributed by atoms with Crippen molar-refractivity contribution in [2.45, 2.75) is 26.2 Å². The molecule has 1 aromatic carbocycles. The molecule has 1 N–H and O–H groups in total. The maximum Gasteiger partial charge on any atom is 0.194 e. The monoisotopic (exact) mass is 295 g/mol. The van der Waals surface area contributed by atoms with E-state index in [0.29, 0.717) is 11.5 Å². The highest BCUT2D eigenvalue weighted by atomic mass is 19.2. The number of aromatic nitrogens is 2. The minimum Gasteiger partial charge on any atom is -0.373 e. The summed E-state index contributed by atoms with van der Waals surface area (Å²) in [7, 11) is 1.68.